The number of aryl methyl sites for hydroxylation is 1. The third kappa shape index (κ3) is 3.69. The average molecular weight is 436 g/mol. The maximum Gasteiger partial charge on any atom is 0.0375 e. The van der Waals surface area contributed by atoms with Crippen molar-refractivity contribution in [3.05, 3.63) is 29.1 Å². The molecule has 1 heteroatoms. The van der Waals surface area contributed by atoms with Crippen molar-refractivity contribution < 1.29 is 0 Å². The zero-order valence-electron chi connectivity index (χ0n) is 21.9. The molecule has 32 heavy (non-hydrogen) atoms. The summed E-state index contributed by atoms with van der Waals surface area (Å²) >= 11 is 0. The van der Waals surface area contributed by atoms with Crippen LogP contribution in [-0.2, 0) is 12.8 Å². The summed E-state index contributed by atoms with van der Waals surface area (Å²) in [7, 11) is 0. The first-order chi connectivity index (χ1) is 15.2. The van der Waals surface area contributed by atoms with E-state index in [0.717, 1.165) is 41.4 Å². The molecule has 0 aromatic carbocycles. The van der Waals surface area contributed by atoms with Crippen LogP contribution in [0, 0.1) is 59.2 Å². The van der Waals surface area contributed by atoms with Crippen LogP contribution in [-0.4, -0.2) is 4.98 Å². The van der Waals surface area contributed by atoms with E-state index in [1.807, 2.05) is 0 Å². The second kappa shape index (κ2) is 8.42. The Bertz CT molecular complexity index is 826. The van der Waals surface area contributed by atoms with Gasteiger partial charge >= 0.3 is 0 Å². The van der Waals surface area contributed by atoms with Gasteiger partial charge in [0.05, 0.1) is 0 Å². The molecule has 0 spiro atoms. The number of rotatable bonds is 5. The first-order valence-electron chi connectivity index (χ1n) is 14.2. The van der Waals surface area contributed by atoms with Crippen molar-refractivity contribution in [1.82, 2.24) is 4.98 Å². The summed E-state index contributed by atoms with van der Waals surface area (Å²) in [6.45, 7) is 15.0. The fraction of sp³-hybridized carbons (Fsp3) is 0.839. The summed E-state index contributed by atoms with van der Waals surface area (Å²) in [5, 5.41) is 0. The lowest BCUT2D eigenvalue weighted by molar-refractivity contribution is -0.103. The molecule has 8 atom stereocenters. The van der Waals surface area contributed by atoms with Crippen LogP contribution in [0.3, 0.4) is 0 Å². The monoisotopic (exact) mass is 435 g/mol. The number of hydrogen-bond donors (Lipinski definition) is 0. The number of fused-ring (bicyclic) bond motifs is 6. The van der Waals surface area contributed by atoms with E-state index in [0.29, 0.717) is 10.8 Å². The molecule has 4 aliphatic carbocycles. The molecule has 1 aromatic heterocycles. The van der Waals surface area contributed by atoms with Crippen LogP contribution >= 0.6 is 0 Å². The molecule has 0 amide bonds. The number of pyridine rings is 1. The molecule has 5 rings (SSSR count). The fourth-order valence-electron chi connectivity index (χ4n) is 9.84. The first-order valence-corrected chi connectivity index (χ1v) is 14.2. The average Bonchev–Trinajstić information content (AvgIpc) is 3.09. The predicted octanol–water partition coefficient (Wildman–Crippen LogP) is 8.43. The Morgan fingerprint density at radius 2 is 1.72 bits per heavy atom. The van der Waals surface area contributed by atoms with Crippen LogP contribution in [0.5, 0.6) is 0 Å². The van der Waals surface area contributed by atoms with Crippen molar-refractivity contribution in [2.24, 2.45) is 52.3 Å². The highest BCUT2D eigenvalue weighted by molar-refractivity contribution is 5.32. The van der Waals surface area contributed by atoms with Gasteiger partial charge in [-0.15, -0.1) is 0 Å². The maximum absolute atomic E-state index is 4.69. The minimum absolute atomic E-state index is 0.509. The van der Waals surface area contributed by atoms with Gasteiger partial charge in [0.15, 0.2) is 0 Å². The van der Waals surface area contributed by atoms with Gasteiger partial charge in [0, 0.05) is 11.9 Å². The van der Waals surface area contributed by atoms with E-state index in [4.69, 9.17) is 4.98 Å². The molecule has 1 aromatic rings. The quantitative estimate of drug-likeness (QED) is 0.452. The third-order valence-corrected chi connectivity index (χ3v) is 11.5. The Hall–Kier alpha value is -0.850. The molecule has 1 heterocycles. The minimum Gasteiger partial charge on any atom is -0.261 e. The van der Waals surface area contributed by atoms with Crippen LogP contribution in [0.15, 0.2) is 12.3 Å². The molecule has 0 saturated heterocycles. The summed E-state index contributed by atoms with van der Waals surface area (Å²) in [6, 6.07) is 2.39. The lowest BCUT2D eigenvalue weighted by atomic mass is 9.44. The summed E-state index contributed by atoms with van der Waals surface area (Å²) in [6.07, 6.45) is 18.2. The van der Waals surface area contributed by atoms with Crippen LogP contribution in [0.1, 0.15) is 109 Å². The third-order valence-electron chi connectivity index (χ3n) is 11.5. The standard InChI is InChI=1S/C31H49N/c1-20(2)8-7-9-21(3)27-12-13-28-26-11-10-25-17-23-16-22(4)32-19-24(23)18-31(25,6)29(26)14-15-30(27,28)5/h16,19-21,25-29H,7-15,17-18H2,1-6H3. The molecule has 0 aliphatic heterocycles. The second-order valence-corrected chi connectivity index (χ2v) is 13.7. The smallest absolute Gasteiger partial charge is 0.0375 e. The van der Waals surface area contributed by atoms with Crippen molar-refractivity contribution in [3.8, 4) is 0 Å². The van der Waals surface area contributed by atoms with E-state index in [1.54, 1.807) is 11.1 Å². The molecule has 4 aliphatic rings. The Morgan fingerprint density at radius 1 is 0.938 bits per heavy atom. The van der Waals surface area contributed by atoms with Gasteiger partial charge in [-0.25, -0.2) is 0 Å². The van der Waals surface area contributed by atoms with E-state index in [9.17, 15) is 0 Å². The molecular formula is C31H49N. The topological polar surface area (TPSA) is 12.9 Å². The lowest BCUT2D eigenvalue weighted by Gasteiger charge is -2.61. The van der Waals surface area contributed by atoms with E-state index < -0.39 is 0 Å². The van der Waals surface area contributed by atoms with Crippen LogP contribution in [0.2, 0.25) is 0 Å². The second-order valence-electron chi connectivity index (χ2n) is 13.7. The predicted molar refractivity (Wildman–Crippen MR) is 136 cm³/mol. The highest BCUT2D eigenvalue weighted by Crippen LogP contribution is 2.68. The molecule has 0 N–H and O–H groups in total. The van der Waals surface area contributed by atoms with Crippen LogP contribution in [0.4, 0.5) is 0 Å². The van der Waals surface area contributed by atoms with Crippen molar-refractivity contribution in [3.63, 3.8) is 0 Å². The number of nitrogens with zero attached hydrogens (tertiary/aromatic N) is 1. The Balaban J connectivity index is 1.34. The van der Waals surface area contributed by atoms with Crippen molar-refractivity contribution in [1.29, 1.82) is 0 Å². The van der Waals surface area contributed by atoms with E-state index in [1.165, 1.54) is 76.3 Å². The fourth-order valence-corrected chi connectivity index (χ4v) is 9.84. The summed E-state index contributed by atoms with van der Waals surface area (Å²) in [5.74, 6) is 6.59. The van der Waals surface area contributed by atoms with Gasteiger partial charge in [-0.1, -0.05) is 53.9 Å². The number of aromatic nitrogens is 1. The largest absolute Gasteiger partial charge is 0.261 e. The van der Waals surface area contributed by atoms with E-state index >= 15 is 0 Å². The van der Waals surface area contributed by atoms with Crippen molar-refractivity contribution in [2.75, 3.05) is 0 Å². The van der Waals surface area contributed by atoms with Crippen LogP contribution < -0.4 is 0 Å². The van der Waals surface area contributed by atoms with Crippen molar-refractivity contribution in [2.45, 2.75) is 112 Å². The van der Waals surface area contributed by atoms with E-state index in [2.05, 4.69) is 53.8 Å². The molecule has 1 nitrogen and oxygen atoms in total. The summed E-state index contributed by atoms with van der Waals surface area (Å²) in [4.78, 5) is 4.69. The van der Waals surface area contributed by atoms with Gasteiger partial charge in [-0.05, 0) is 128 Å². The molecule has 178 valence electrons. The Morgan fingerprint density at radius 3 is 2.50 bits per heavy atom. The Kier molecular flexibility index (Phi) is 6.03. The SMILES string of the molecule is Cc1cc2c(cn1)CC1(C)C(CCC3C1CCC1(C)C(C(C)CCCC(C)C)CCC31)C2. The summed E-state index contributed by atoms with van der Waals surface area (Å²) in [5.41, 5.74) is 5.53. The number of hydrogen-bond acceptors (Lipinski definition) is 1. The zero-order valence-corrected chi connectivity index (χ0v) is 21.9. The highest BCUT2D eigenvalue weighted by atomic mass is 14.7. The molecule has 0 radical (unpaired) electrons. The minimum atomic E-state index is 0.509. The van der Waals surface area contributed by atoms with E-state index in [-0.39, 0.29) is 0 Å². The normalized spacial score (nSPS) is 41.5. The Labute approximate surface area is 198 Å². The van der Waals surface area contributed by atoms with Gasteiger partial charge in [0.2, 0.25) is 0 Å². The van der Waals surface area contributed by atoms with Gasteiger partial charge in [-0.3, -0.25) is 4.98 Å². The molecule has 3 saturated carbocycles. The van der Waals surface area contributed by atoms with Crippen LogP contribution in [0.25, 0.3) is 0 Å². The molecular weight excluding hydrogens is 386 g/mol. The lowest BCUT2D eigenvalue weighted by Crippen LogP contribution is -2.54. The van der Waals surface area contributed by atoms with Gasteiger partial charge < -0.3 is 0 Å². The molecule has 3 fully saturated rings. The molecule has 8 unspecified atom stereocenters. The summed E-state index contributed by atoms with van der Waals surface area (Å²) < 4.78 is 0. The maximum atomic E-state index is 4.69. The van der Waals surface area contributed by atoms with Crippen molar-refractivity contribution >= 4 is 0 Å². The van der Waals surface area contributed by atoms with Gasteiger partial charge in [0.1, 0.15) is 0 Å². The van der Waals surface area contributed by atoms with Gasteiger partial charge in [0.25, 0.3) is 0 Å². The first kappa shape index (κ1) is 22.9. The molecule has 0 bridgehead atoms. The zero-order chi connectivity index (χ0) is 22.7. The van der Waals surface area contributed by atoms with Gasteiger partial charge in [-0.2, -0.15) is 0 Å². The highest BCUT2D eigenvalue weighted by Gasteiger charge is 2.60.